The SMILES string of the molecule is CC(=O)Nc1c[nH]c2ccc(O[C@@H]3C[C@@H](c4ccc(C(F)(F)F)cc4)[C@H]3C)cc12. The minimum Gasteiger partial charge on any atom is -0.490 e. The molecular weight excluding hydrogens is 381 g/mol. The van der Waals surface area contributed by atoms with E-state index in [-0.39, 0.29) is 23.8 Å². The largest absolute Gasteiger partial charge is 0.490 e. The predicted octanol–water partition coefficient (Wildman–Crippen LogP) is 5.72. The highest BCUT2D eigenvalue weighted by Crippen LogP contribution is 2.45. The smallest absolute Gasteiger partial charge is 0.416 e. The molecule has 1 saturated carbocycles. The van der Waals surface area contributed by atoms with E-state index >= 15 is 0 Å². The number of carbonyl (C=O) groups is 1. The zero-order valence-corrected chi connectivity index (χ0v) is 16.0. The minimum absolute atomic E-state index is 0.0112. The summed E-state index contributed by atoms with van der Waals surface area (Å²) in [6, 6.07) is 11.0. The molecule has 0 saturated heterocycles. The van der Waals surface area contributed by atoms with Crippen molar-refractivity contribution >= 4 is 22.5 Å². The van der Waals surface area contributed by atoms with Gasteiger partial charge in [0.05, 0.1) is 11.3 Å². The Morgan fingerprint density at radius 2 is 1.90 bits per heavy atom. The molecule has 1 aromatic heterocycles. The lowest BCUT2D eigenvalue weighted by molar-refractivity contribution is -0.137. The van der Waals surface area contributed by atoms with Gasteiger partial charge >= 0.3 is 6.18 Å². The van der Waals surface area contributed by atoms with Crippen LogP contribution in [0.2, 0.25) is 0 Å². The van der Waals surface area contributed by atoms with Crippen molar-refractivity contribution in [3.8, 4) is 5.75 Å². The Bertz CT molecular complexity index is 1040. The number of benzene rings is 2. The lowest BCUT2D eigenvalue weighted by Crippen LogP contribution is -2.41. The lowest BCUT2D eigenvalue weighted by Gasteiger charge is -2.43. The summed E-state index contributed by atoms with van der Waals surface area (Å²) in [5.41, 5.74) is 1.86. The van der Waals surface area contributed by atoms with Gasteiger partial charge in [0.1, 0.15) is 11.9 Å². The summed E-state index contributed by atoms with van der Waals surface area (Å²) in [5.74, 6) is 0.910. The average molecular weight is 402 g/mol. The molecule has 1 heterocycles. The second-order valence-electron chi connectivity index (χ2n) is 7.57. The number of rotatable bonds is 4. The zero-order chi connectivity index (χ0) is 20.8. The quantitative estimate of drug-likeness (QED) is 0.587. The molecule has 0 aliphatic heterocycles. The molecule has 4 rings (SSSR count). The molecule has 2 N–H and O–H groups in total. The van der Waals surface area contributed by atoms with E-state index in [2.05, 4.69) is 10.3 Å². The van der Waals surface area contributed by atoms with Crippen molar-refractivity contribution in [2.75, 3.05) is 5.32 Å². The number of hydrogen-bond donors (Lipinski definition) is 2. The summed E-state index contributed by atoms with van der Waals surface area (Å²) < 4.78 is 44.3. The van der Waals surface area contributed by atoms with Crippen molar-refractivity contribution in [3.63, 3.8) is 0 Å². The third kappa shape index (κ3) is 3.81. The van der Waals surface area contributed by atoms with Crippen LogP contribution in [0, 0.1) is 5.92 Å². The van der Waals surface area contributed by atoms with E-state index in [0.717, 1.165) is 35.0 Å². The van der Waals surface area contributed by atoms with E-state index < -0.39 is 11.7 Å². The van der Waals surface area contributed by atoms with Crippen LogP contribution >= 0.6 is 0 Å². The molecule has 0 unspecified atom stereocenters. The number of ether oxygens (including phenoxy) is 1. The number of anilines is 1. The summed E-state index contributed by atoms with van der Waals surface area (Å²) in [7, 11) is 0. The van der Waals surface area contributed by atoms with Gasteiger partial charge in [0.25, 0.3) is 0 Å². The van der Waals surface area contributed by atoms with E-state index in [1.165, 1.54) is 6.92 Å². The molecule has 1 fully saturated rings. The number of fused-ring (bicyclic) bond motifs is 1. The van der Waals surface area contributed by atoms with E-state index in [0.29, 0.717) is 11.4 Å². The van der Waals surface area contributed by atoms with Gasteiger partial charge in [-0.3, -0.25) is 4.79 Å². The molecule has 2 aromatic carbocycles. The summed E-state index contributed by atoms with van der Waals surface area (Å²) in [5, 5.41) is 3.65. The van der Waals surface area contributed by atoms with E-state index in [4.69, 9.17) is 4.74 Å². The summed E-state index contributed by atoms with van der Waals surface area (Å²) in [6.45, 7) is 3.50. The van der Waals surface area contributed by atoms with Crippen molar-refractivity contribution in [3.05, 3.63) is 59.8 Å². The molecule has 1 aliphatic carbocycles. The fourth-order valence-electron chi connectivity index (χ4n) is 3.90. The Kier molecular flexibility index (Phi) is 4.76. The van der Waals surface area contributed by atoms with E-state index in [9.17, 15) is 18.0 Å². The van der Waals surface area contributed by atoms with Gasteiger partial charge in [0.2, 0.25) is 5.91 Å². The molecular formula is C22H21F3N2O2. The first-order valence-corrected chi connectivity index (χ1v) is 9.45. The first-order valence-electron chi connectivity index (χ1n) is 9.45. The van der Waals surface area contributed by atoms with Crippen molar-refractivity contribution in [1.29, 1.82) is 0 Å². The van der Waals surface area contributed by atoms with Crippen molar-refractivity contribution in [1.82, 2.24) is 4.98 Å². The summed E-state index contributed by atoms with van der Waals surface area (Å²) in [6.07, 6.45) is -1.84. The average Bonchev–Trinajstić information content (AvgIpc) is 3.05. The van der Waals surface area contributed by atoms with Crippen LogP contribution in [0.25, 0.3) is 10.9 Å². The molecule has 3 aromatic rings. The Morgan fingerprint density at radius 3 is 2.52 bits per heavy atom. The fraction of sp³-hybridized carbons (Fsp3) is 0.318. The Hall–Kier alpha value is -2.96. The number of hydrogen-bond acceptors (Lipinski definition) is 2. The standard InChI is InChI=1S/C22H21F3N2O2/c1-12-17(14-3-5-15(6-4-14)22(23,24)25)10-21(12)29-16-7-8-19-18(9-16)20(11-26-19)27-13(2)28/h3-9,11-12,17,21,26H,10H2,1-2H3,(H,27,28)/t12-,17-,21-/m1/s1. The molecule has 1 amide bonds. The number of aromatic amines is 1. The highest BCUT2D eigenvalue weighted by molar-refractivity contribution is 6.01. The number of alkyl halides is 3. The first-order chi connectivity index (χ1) is 13.7. The Balaban J connectivity index is 1.44. The fourth-order valence-corrected chi connectivity index (χ4v) is 3.90. The number of halogens is 3. The van der Waals surface area contributed by atoms with Crippen LogP contribution in [0.1, 0.15) is 37.3 Å². The van der Waals surface area contributed by atoms with Crippen LogP contribution in [-0.2, 0) is 11.0 Å². The predicted molar refractivity (Wildman–Crippen MR) is 105 cm³/mol. The molecule has 152 valence electrons. The van der Waals surface area contributed by atoms with Gasteiger partial charge < -0.3 is 15.0 Å². The van der Waals surface area contributed by atoms with Crippen LogP contribution in [0.4, 0.5) is 18.9 Å². The molecule has 0 bridgehead atoms. The molecule has 0 radical (unpaired) electrons. The first kappa shape index (κ1) is 19.4. The highest BCUT2D eigenvalue weighted by atomic mass is 19.4. The lowest BCUT2D eigenvalue weighted by atomic mass is 9.68. The Labute approximate surface area is 166 Å². The Morgan fingerprint density at radius 1 is 1.17 bits per heavy atom. The highest BCUT2D eigenvalue weighted by Gasteiger charge is 2.40. The third-order valence-corrected chi connectivity index (χ3v) is 5.62. The van der Waals surface area contributed by atoms with Gasteiger partial charge in [0.15, 0.2) is 0 Å². The van der Waals surface area contributed by atoms with Crippen LogP contribution in [0.3, 0.4) is 0 Å². The maximum atomic E-state index is 12.7. The van der Waals surface area contributed by atoms with Gasteiger partial charge in [0, 0.05) is 29.9 Å². The molecule has 29 heavy (non-hydrogen) atoms. The van der Waals surface area contributed by atoms with E-state index in [1.54, 1.807) is 18.3 Å². The van der Waals surface area contributed by atoms with Crippen molar-refractivity contribution in [2.24, 2.45) is 5.92 Å². The monoisotopic (exact) mass is 402 g/mol. The number of nitrogens with one attached hydrogen (secondary N) is 2. The molecule has 0 spiro atoms. The second kappa shape index (κ2) is 7.13. The number of aromatic nitrogens is 1. The maximum absolute atomic E-state index is 12.7. The van der Waals surface area contributed by atoms with Crippen LogP contribution in [-0.4, -0.2) is 17.0 Å². The zero-order valence-electron chi connectivity index (χ0n) is 16.0. The van der Waals surface area contributed by atoms with Crippen molar-refractivity contribution < 1.29 is 22.7 Å². The molecule has 4 nitrogen and oxygen atoms in total. The topological polar surface area (TPSA) is 54.1 Å². The van der Waals surface area contributed by atoms with Gasteiger partial charge in [-0.1, -0.05) is 19.1 Å². The third-order valence-electron chi connectivity index (χ3n) is 5.62. The normalized spacial score (nSPS) is 21.6. The van der Waals surface area contributed by atoms with Gasteiger partial charge in [-0.15, -0.1) is 0 Å². The number of H-pyrrole nitrogens is 1. The van der Waals surface area contributed by atoms with Crippen LogP contribution in [0.5, 0.6) is 5.75 Å². The van der Waals surface area contributed by atoms with Gasteiger partial charge in [-0.2, -0.15) is 13.2 Å². The van der Waals surface area contributed by atoms with Gasteiger partial charge in [-0.05, 0) is 48.2 Å². The number of amides is 1. The summed E-state index contributed by atoms with van der Waals surface area (Å²) in [4.78, 5) is 14.4. The minimum atomic E-state index is -4.32. The number of carbonyl (C=O) groups excluding carboxylic acids is 1. The van der Waals surface area contributed by atoms with E-state index in [1.807, 2.05) is 25.1 Å². The second-order valence-corrected chi connectivity index (χ2v) is 7.57. The van der Waals surface area contributed by atoms with Crippen LogP contribution < -0.4 is 10.1 Å². The summed E-state index contributed by atoms with van der Waals surface area (Å²) >= 11 is 0. The maximum Gasteiger partial charge on any atom is 0.416 e. The van der Waals surface area contributed by atoms with Crippen molar-refractivity contribution in [2.45, 2.75) is 38.5 Å². The van der Waals surface area contributed by atoms with Gasteiger partial charge in [-0.25, -0.2) is 0 Å². The van der Waals surface area contributed by atoms with Crippen LogP contribution in [0.15, 0.2) is 48.7 Å². The molecule has 7 heteroatoms. The molecule has 3 atom stereocenters. The molecule has 1 aliphatic rings.